The van der Waals surface area contributed by atoms with Gasteiger partial charge in [0.05, 0.1) is 0 Å². The van der Waals surface area contributed by atoms with E-state index in [0.29, 0.717) is 12.5 Å². The Morgan fingerprint density at radius 1 is 1.09 bits per heavy atom. The molecule has 32 heavy (non-hydrogen) atoms. The van der Waals surface area contributed by atoms with Crippen LogP contribution in [0.15, 0.2) is 35.3 Å². The van der Waals surface area contributed by atoms with Gasteiger partial charge in [-0.1, -0.05) is 43.2 Å². The first-order chi connectivity index (χ1) is 14.9. The minimum absolute atomic E-state index is 0. The van der Waals surface area contributed by atoms with Crippen molar-refractivity contribution in [3.63, 3.8) is 0 Å². The van der Waals surface area contributed by atoms with E-state index >= 15 is 0 Å². The molecule has 7 heteroatoms. The third-order valence-electron chi connectivity index (χ3n) is 5.42. The van der Waals surface area contributed by atoms with Gasteiger partial charge < -0.3 is 15.4 Å². The van der Waals surface area contributed by atoms with Gasteiger partial charge in [-0.05, 0) is 52.0 Å². The van der Waals surface area contributed by atoms with Crippen molar-refractivity contribution >= 4 is 35.9 Å². The van der Waals surface area contributed by atoms with Crippen molar-refractivity contribution in [1.29, 1.82) is 0 Å². The van der Waals surface area contributed by atoms with Gasteiger partial charge in [0, 0.05) is 45.7 Å². The van der Waals surface area contributed by atoms with Gasteiger partial charge in [0.1, 0.15) is 5.60 Å². The topological polar surface area (TPSA) is 66.0 Å². The van der Waals surface area contributed by atoms with E-state index in [4.69, 9.17) is 4.74 Å². The Hall–Kier alpha value is -1.35. The van der Waals surface area contributed by atoms with Crippen LogP contribution in [0.2, 0.25) is 0 Å². The van der Waals surface area contributed by atoms with E-state index in [1.54, 1.807) is 0 Å². The van der Waals surface area contributed by atoms with E-state index in [9.17, 15) is 4.79 Å². The number of halogens is 1. The monoisotopic (exact) mass is 558 g/mol. The van der Waals surface area contributed by atoms with Crippen LogP contribution >= 0.6 is 24.0 Å². The summed E-state index contributed by atoms with van der Waals surface area (Å²) in [4.78, 5) is 18.6. The maximum Gasteiger partial charge on any atom is 0.306 e. The molecule has 0 spiro atoms. The molecule has 1 aromatic rings. The molecule has 2 rings (SSSR count). The van der Waals surface area contributed by atoms with Gasteiger partial charge in [-0.2, -0.15) is 0 Å². The summed E-state index contributed by atoms with van der Waals surface area (Å²) in [6, 6.07) is 11.2. The summed E-state index contributed by atoms with van der Waals surface area (Å²) in [6.07, 6.45) is 6.90. The summed E-state index contributed by atoms with van der Waals surface area (Å²) in [6.45, 7) is 9.89. The minimum atomic E-state index is -0.387. The Morgan fingerprint density at radius 2 is 1.75 bits per heavy atom. The zero-order chi connectivity index (χ0) is 22.5. The number of carbonyl (C=O) groups excluding carboxylic acids is 1. The number of guanidine groups is 1. The van der Waals surface area contributed by atoms with Gasteiger partial charge in [0.25, 0.3) is 0 Å². The number of hydrogen-bond donors (Lipinski definition) is 2. The maximum absolute atomic E-state index is 11.7. The van der Waals surface area contributed by atoms with Crippen LogP contribution < -0.4 is 10.6 Å². The molecule has 182 valence electrons. The zero-order valence-electron chi connectivity index (χ0n) is 20.4. The van der Waals surface area contributed by atoms with Crippen LogP contribution in [0.25, 0.3) is 0 Å². The first-order valence-electron chi connectivity index (χ1n) is 11.8. The lowest BCUT2D eigenvalue weighted by Gasteiger charge is -2.33. The Kier molecular flexibility index (Phi) is 13.9. The number of esters is 1. The highest BCUT2D eigenvalue weighted by Gasteiger charge is 2.20. The highest BCUT2D eigenvalue weighted by Crippen LogP contribution is 2.14. The van der Waals surface area contributed by atoms with Gasteiger partial charge >= 0.3 is 5.97 Å². The Labute approximate surface area is 212 Å². The lowest BCUT2D eigenvalue weighted by atomic mass is 10.0. The number of benzene rings is 1. The molecule has 0 amide bonds. The molecule has 1 aliphatic heterocycles. The van der Waals surface area contributed by atoms with Crippen molar-refractivity contribution in [1.82, 2.24) is 15.5 Å². The normalized spacial score (nSPS) is 15.7. The lowest BCUT2D eigenvalue weighted by molar-refractivity contribution is -0.154. The second-order valence-corrected chi connectivity index (χ2v) is 9.43. The Bertz CT molecular complexity index is 668. The van der Waals surface area contributed by atoms with Crippen molar-refractivity contribution in [3.8, 4) is 0 Å². The highest BCUT2D eigenvalue weighted by molar-refractivity contribution is 14.0. The molecular weight excluding hydrogens is 515 g/mol. The summed E-state index contributed by atoms with van der Waals surface area (Å²) in [5.74, 6) is 0.806. The van der Waals surface area contributed by atoms with Crippen molar-refractivity contribution in [2.75, 3.05) is 26.7 Å². The highest BCUT2D eigenvalue weighted by atomic mass is 127. The second-order valence-electron chi connectivity index (χ2n) is 9.43. The van der Waals surface area contributed by atoms with E-state index in [0.717, 1.165) is 70.7 Å². The van der Waals surface area contributed by atoms with E-state index in [1.165, 1.54) is 5.56 Å². The van der Waals surface area contributed by atoms with Crippen LogP contribution in [0.4, 0.5) is 0 Å². The summed E-state index contributed by atoms with van der Waals surface area (Å²) in [5.41, 5.74) is 1.00. The number of unbranched alkanes of at least 4 members (excludes halogenated alkanes) is 3. The lowest BCUT2D eigenvalue weighted by Crippen LogP contribution is -2.48. The van der Waals surface area contributed by atoms with E-state index in [2.05, 4.69) is 50.9 Å². The number of likely N-dealkylation sites (tertiary alicyclic amines) is 1. The molecule has 1 aromatic carbocycles. The summed E-state index contributed by atoms with van der Waals surface area (Å²) < 4.78 is 5.34. The van der Waals surface area contributed by atoms with Gasteiger partial charge in [-0.3, -0.25) is 14.7 Å². The number of ether oxygens (including phenoxy) is 1. The van der Waals surface area contributed by atoms with Crippen LogP contribution in [0.1, 0.15) is 71.3 Å². The molecule has 0 aromatic heterocycles. The van der Waals surface area contributed by atoms with E-state index in [-0.39, 0.29) is 35.5 Å². The van der Waals surface area contributed by atoms with E-state index in [1.807, 2.05) is 27.8 Å². The summed E-state index contributed by atoms with van der Waals surface area (Å²) in [7, 11) is 1.83. The van der Waals surface area contributed by atoms with Gasteiger partial charge in [-0.25, -0.2) is 0 Å². The average molecular weight is 559 g/mol. The van der Waals surface area contributed by atoms with Crippen LogP contribution in [-0.2, 0) is 16.1 Å². The number of hydrogen-bond acceptors (Lipinski definition) is 4. The van der Waals surface area contributed by atoms with Crippen LogP contribution in [0, 0.1) is 0 Å². The smallest absolute Gasteiger partial charge is 0.306 e. The van der Waals surface area contributed by atoms with Crippen LogP contribution in [-0.4, -0.2) is 55.2 Å². The molecular formula is C25H43IN4O2. The molecule has 2 N–H and O–H groups in total. The van der Waals surface area contributed by atoms with Gasteiger partial charge in [0.15, 0.2) is 5.96 Å². The molecule has 1 saturated heterocycles. The third kappa shape index (κ3) is 12.6. The van der Waals surface area contributed by atoms with Gasteiger partial charge in [0.2, 0.25) is 0 Å². The Morgan fingerprint density at radius 3 is 2.38 bits per heavy atom. The fourth-order valence-corrected chi connectivity index (χ4v) is 3.81. The number of piperidine rings is 1. The van der Waals surface area contributed by atoms with Gasteiger partial charge in [-0.15, -0.1) is 24.0 Å². The standard InChI is InChI=1S/C25H42N4O2.HI/c1-25(2,3)31-23(30)14-10-5-6-11-17-27-24(26-4)28-22-15-18-29(19-16-22)20-21-12-8-7-9-13-21;/h7-9,12-13,22H,5-6,10-11,14-20H2,1-4H3,(H2,26,27,28);1H. The minimum Gasteiger partial charge on any atom is -0.460 e. The van der Waals surface area contributed by atoms with Crippen molar-refractivity contribution in [2.45, 2.75) is 83.9 Å². The number of nitrogens with one attached hydrogen (secondary N) is 2. The first-order valence-corrected chi connectivity index (χ1v) is 11.8. The molecule has 6 nitrogen and oxygen atoms in total. The predicted octanol–water partition coefficient (Wildman–Crippen LogP) is 4.73. The molecule has 0 bridgehead atoms. The molecule has 1 heterocycles. The maximum atomic E-state index is 11.7. The average Bonchev–Trinajstić information content (AvgIpc) is 2.73. The number of nitrogens with zero attached hydrogens (tertiary/aromatic N) is 2. The molecule has 0 saturated carbocycles. The largest absolute Gasteiger partial charge is 0.460 e. The Balaban J connectivity index is 0.00000512. The molecule has 0 unspecified atom stereocenters. The number of aliphatic imine (C=N–C) groups is 1. The fourth-order valence-electron chi connectivity index (χ4n) is 3.81. The van der Waals surface area contributed by atoms with Crippen LogP contribution in [0.3, 0.4) is 0 Å². The first kappa shape index (κ1) is 28.7. The third-order valence-corrected chi connectivity index (χ3v) is 5.42. The molecule has 0 radical (unpaired) electrons. The number of rotatable bonds is 10. The molecule has 0 aliphatic carbocycles. The molecule has 1 aliphatic rings. The van der Waals surface area contributed by atoms with Crippen LogP contribution in [0.5, 0.6) is 0 Å². The van der Waals surface area contributed by atoms with E-state index < -0.39 is 0 Å². The predicted molar refractivity (Wildman–Crippen MR) is 144 cm³/mol. The molecule has 1 fully saturated rings. The molecule has 0 atom stereocenters. The van der Waals surface area contributed by atoms with Crippen molar-refractivity contribution in [3.05, 3.63) is 35.9 Å². The quantitative estimate of drug-likeness (QED) is 0.143. The SMILES string of the molecule is CN=C(NCCCCCCC(=O)OC(C)(C)C)NC1CCN(Cc2ccccc2)CC1.I. The summed E-state index contributed by atoms with van der Waals surface area (Å²) >= 11 is 0. The van der Waals surface area contributed by atoms with Crippen molar-refractivity contribution < 1.29 is 9.53 Å². The fraction of sp³-hybridized carbons (Fsp3) is 0.680. The number of carbonyl (C=O) groups is 1. The second kappa shape index (κ2) is 15.5. The van der Waals surface area contributed by atoms with Crippen molar-refractivity contribution in [2.24, 2.45) is 4.99 Å². The summed E-state index contributed by atoms with van der Waals surface area (Å²) in [5, 5.41) is 7.01. The zero-order valence-corrected chi connectivity index (χ0v) is 22.7.